The molecule has 0 spiro atoms. The van der Waals surface area contributed by atoms with Crippen molar-refractivity contribution in [2.45, 2.75) is 25.7 Å². The van der Waals surface area contributed by atoms with Crippen molar-refractivity contribution >= 4 is 35.1 Å². The average Bonchev–Trinajstić information content (AvgIpc) is 3.37. The minimum Gasteiger partial charge on any atom is -0.494 e. The van der Waals surface area contributed by atoms with Gasteiger partial charge in [0.1, 0.15) is 5.75 Å². The van der Waals surface area contributed by atoms with E-state index in [0.29, 0.717) is 29.6 Å². The average molecular weight is 441 g/mol. The van der Waals surface area contributed by atoms with Crippen LogP contribution in [0.15, 0.2) is 52.9 Å². The summed E-state index contributed by atoms with van der Waals surface area (Å²) in [6.07, 6.45) is 0.341. The van der Waals surface area contributed by atoms with E-state index in [0.717, 1.165) is 11.4 Å². The molecule has 4 rings (SSSR count). The van der Waals surface area contributed by atoms with Crippen molar-refractivity contribution in [3.8, 4) is 5.75 Å². The number of hydrogen-bond acceptors (Lipinski definition) is 6. The maximum atomic E-state index is 12.5. The molecule has 3 aromatic rings. The Kier molecular flexibility index (Phi) is 6.18. The first-order valence-corrected chi connectivity index (χ1v) is 10.3. The number of rotatable bonds is 7. The largest absolute Gasteiger partial charge is 0.494 e. The molecule has 1 aliphatic heterocycles. The molecule has 1 aliphatic rings. The van der Waals surface area contributed by atoms with Crippen molar-refractivity contribution in [3.63, 3.8) is 0 Å². The Labute approximate surface area is 184 Å². The molecule has 1 N–H and O–H groups in total. The van der Waals surface area contributed by atoms with E-state index in [4.69, 9.17) is 20.8 Å². The Balaban J connectivity index is 1.38. The number of anilines is 2. The first-order chi connectivity index (χ1) is 15.0. The number of amides is 2. The molecule has 0 saturated carbocycles. The molecular formula is C22H21ClN4O4. The third kappa shape index (κ3) is 4.86. The van der Waals surface area contributed by atoms with Crippen LogP contribution in [-0.4, -0.2) is 35.2 Å². The fourth-order valence-corrected chi connectivity index (χ4v) is 3.64. The summed E-state index contributed by atoms with van der Waals surface area (Å²) < 4.78 is 11.0. The lowest BCUT2D eigenvalue weighted by atomic mass is 10.1. The van der Waals surface area contributed by atoms with Crippen LogP contribution in [0.4, 0.5) is 11.7 Å². The van der Waals surface area contributed by atoms with Crippen LogP contribution in [0.25, 0.3) is 0 Å². The summed E-state index contributed by atoms with van der Waals surface area (Å²) >= 11 is 6.09. The van der Waals surface area contributed by atoms with Crippen molar-refractivity contribution in [2.75, 3.05) is 23.4 Å². The predicted molar refractivity (Wildman–Crippen MR) is 115 cm³/mol. The van der Waals surface area contributed by atoms with E-state index in [1.54, 1.807) is 23.1 Å². The Bertz CT molecular complexity index is 1080. The first kappa shape index (κ1) is 20.9. The minimum atomic E-state index is -0.318. The van der Waals surface area contributed by atoms with Crippen molar-refractivity contribution in [1.82, 2.24) is 10.2 Å². The molecule has 1 saturated heterocycles. The normalized spacial score (nSPS) is 15.9. The molecule has 2 aromatic carbocycles. The van der Waals surface area contributed by atoms with Gasteiger partial charge in [-0.3, -0.25) is 14.9 Å². The van der Waals surface area contributed by atoms with Gasteiger partial charge in [0, 0.05) is 23.7 Å². The van der Waals surface area contributed by atoms with Gasteiger partial charge in [-0.15, -0.1) is 5.10 Å². The lowest BCUT2D eigenvalue weighted by Crippen LogP contribution is -2.24. The molecule has 0 unspecified atom stereocenters. The molecule has 31 heavy (non-hydrogen) atoms. The van der Waals surface area contributed by atoms with Crippen molar-refractivity contribution in [1.29, 1.82) is 0 Å². The monoisotopic (exact) mass is 440 g/mol. The first-order valence-electron chi connectivity index (χ1n) is 9.93. The molecule has 2 heterocycles. The van der Waals surface area contributed by atoms with E-state index in [1.807, 2.05) is 37.3 Å². The number of nitrogens with one attached hydrogen (secondary N) is 1. The van der Waals surface area contributed by atoms with Crippen molar-refractivity contribution in [2.24, 2.45) is 0 Å². The van der Waals surface area contributed by atoms with E-state index in [9.17, 15) is 9.59 Å². The maximum absolute atomic E-state index is 12.5. The molecule has 0 aliphatic carbocycles. The van der Waals surface area contributed by atoms with Crippen molar-refractivity contribution < 1.29 is 18.7 Å². The third-order valence-electron chi connectivity index (χ3n) is 4.93. The van der Waals surface area contributed by atoms with Gasteiger partial charge in [0.25, 0.3) is 0 Å². The Morgan fingerprint density at radius 3 is 2.74 bits per heavy atom. The highest BCUT2D eigenvalue weighted by molar-refractivity contribution is 6.31. The number of aromatic nitrogens is 2. The van der Waals surface area contributed by atoms with Crippen LogP contribution in [0.2, 0.25) is 5.02 Å². The van der Waals surface area contributed by atoms with Crippen LogP contribution < -0.4 is 15.0 Å². The molecule has 0 radical (unpaired) electrons. The van der Waals surface area contributed by atoms with E-state index < -0.39 is 0 Å². The van der Waals surface area contributed by atoms with Gasteiger partial charge in [-0.1, -0.05) is 34.9 Å². The highest BCUT2D eigenvalue weighted by atomic mass is 35.5. The topological polar surface area (TPSA) is 97.6 Å². The summed E-state index contributed by atoms with van der Waals surface area (Å²) in [4.78, 5) is 26.4. The van der Waals surface area contributed by atoms with Crippen LogP contribution in [-0.2, 0) is 16.0 Å². The quantitative estimate of drug-likeness (QED) is 0.599. The second-order valence-corrected chi connectivity index (χ2v) is 7.50. The smallest absolute Gasteiger partial charge is 0.322 e. The standard InChI is InChI=1S/C22H21ClN4O4/c1-2-30-17-9-7-16(8-10-17)27-13-15(12-20(27)29)21-25-26-22(31-21)24-19(28)11-14-5-3-4-6-18(14)23/h3-10,15H,2,11-13H2,1H3,(H,24,26,28)/t15-/m0/s1. The molecule has 8 nitrogen and oxygen atoms in total. The third-order valence-corrected chi connectivity index (χ3v) is 5.30. The molecule has 1 fully saturated rings. The molecule has 9 heteroatoms. The maximum Gasteiger partial charge on any atom is 0.322 e. The Morgan fingerprint density at radius 1 is 1.23 bits per heavy atom. The fourth-order valence-electron chi connectivity index (χ4n) is 3.44. The number of ether oxygens (including phenoxy) is 1. The second-order valence-electron chi connectivity index (χ2n) is 7.09. The summed E-state index contributed by atoms with van der Waals surface area (Å²) in [5, 5.41) is 11.0. The zero-order chi connectivity index (χ0) is 21.8. The molecule has 1 atom stereocenters. The molecule has 0 bridgehead atoms. The SMILES string of the molecule is CCOc1ccc(N2C[C@@H](c3nnc(NC(=O)Cc4ccccc4Cl)o3)CC2=O)cc1. The second kappa shape index (κ2) is 9.18. The van der Waals surface area contributed by atoms with Gasteiger partial charge in [-0.2, -0.15) is 0 Å². The van der Waals surface area contributed by atoms with Gasteiger partial charge in [-0.25, -0.2) is 0 Å². The van der Waals surface area contributed by atoms with Gasteiger partial charge >= 0.3 is 6.01 Å². The van der Waals surface area contributed by atoms with Crippen LogP contribution in [0.1, 0.15) is 30.7 Å². The molecule has 1 aromatic heterocycles. The summed E-state index contributed by atoms with van der Waals surface area (Å²) in [6.45, 7) is 2.92. The summed E-state index contributed by atoms with van der Waals surface area (Å²) in [5.74, 6) is 0.470. The number of benzene rings is 2. The van der Waals surface area contributed by atoms with Gasteiger partial charge in [0.2, 0.25) is 17.7 Å². The highest BCUT2D eigenvalue weighted by Gasteiger charge is 2.35. The number of carbonyl (C=O) groups is 2. The highest BCUT2D eigenvalue weighted by Crippen LogP contribution is 2.32. The van der Waals surface area contributed by atoms with E-state index in [2.05, 4.69) is 15.5 Å². The van der Waals surface area contributed by atoms with E-state index in [-0.39, 0.29) is 36.6 Å². The van der Waals surface area contributed by atoms with E-state index >= 15 is 0 Å². The number of halogens is 1. The molecular weight excluding hydrogens is 420 g/mol. The minimum absolute atomic E-state index is 0.000908. The van der Waals surface area contributed by atoms with Gasteiger partial charge in [0.05, 0.1) is 18.9 Å². The van der Waals surface area contributed by atoms with Gasteiger partial charge in [-0.05, 0) is 42.8 Å². The fraction of sp³-hybridized carbons (Fsp3) is 0.273. The lowest BCUT2D eigenvalue weighted by molar-refractivity contribution is -0.117. The predicted octanol–water partition coefficient (Wildman–Crippen LogP) is 3.82. The number of carbonyl (C=O) groups excluding carboxylic acids is 2. The summed E-state index contributed by atoms with van der Waals surface area (Å²) in [5.41, 5.74) is 1.48. The van der Waals surface area contributed by atoms with Gasteiger partial charge < -0.3 is 14.1 Å². The zero-order valence-corrected chi connectivity index (χ0v) is 17.6. The molecule has 160 valence electrons. The summed E-state index contributed by atoms with van der Waals surface area (Å²) in [6, 6.07) is 14.5. The van der Waals surface area contributed by atoms with Crippen LogP contribution in [0.3, 0.4) is 0 Å². The Hall–Kier alpha value is -3.39. The summed E-state index contributed by atoms with van der Waals surface area (Å²) in [7, 11) is 0. The zero-order valence-electron chi connectivity index (χ0n) is 16.9. The van der Waals surface area contributed by atoms with E-state index in [1.165, 1.54) is 0 Å². The van der Waals surface area contributed by atoms with Crippen molar-refractivity contribution in [3.05, 3.63) is 65.0 Å². The van der Waals surface area contributed by atoms with Crippen LogP contribution in [0, 0.1) is 0 Å². The van der Waals surface area contributed by atoms with Crippen LogP contribution in [0.5, 0.6) is 5.75 Å². The van der Waals surface area contributed by atoms with Gasteiger partial charge in [0.15, 0.2) is 0 Å². The molecule has 2 amide bonds. The number of nitrogens with zero attached hydrogens (tertiary/aromatic N) is 3. The lowest BCUT2D eigenvalue weighted by Gasteiger charge is -2.16. The Morgan fingerprint density at radius 2 is 2.00 bits per heavy atom. The number of hydrogen-bond donors (Lipinski definition) is 1. The van der Waals surface area contributed by atoms with Crippen LogP contribution >= 0.6 is 11.6 Å².